The van der Waals surface area contributed by atoms with Crippen LogP contribution in [0.4, 0.5) is 0 Å². The van der Waals surface area contributed by atoms with Crippen LogP contribution < -0.4 is 4.74 Å². The van der Waals surface area contributed by atoms with Crippen LogP contribution in [0.25, 0.3) is 0 Å². The maximum atomic E-state index is 5.91. The Morgan fingerprint density at radius 3 is 2.71 bits per heavy atom. The second-order valence-corrected chi connectivity index (χ2v) is 6.28. The van der Waals surface area contributed by atoms with Crippen LogP contribution in [0.2, 0.25) is 0 Å². The number of methoxy groups -OCH3 is 1. The fourth-order valence-electron chi connectivity index (χ4n) is 3.10. The van der Waals surface area contributed by atoms with E-state index in [2.05, 4.69) is 27.1 Å². The highest BCUT2D eigenvalue weighted by molar-refractivity contribution is 5.27. The summed E-state index contributed by atoms with van der Waals surface area (Å²) in [5, 5.41) is 4.43. The summed E-state index contributed by atoms with van der Waals surface area (Å²) in [6.45, 7) is 8.43. The average molecular weight is 330 g/mol. The van der Waals surface area contributed by atoms with Gasteiger partial charge in [0.05, 0.1) is 26.4 Å². The zero-order valence-electron chi connectivity index (χ0n) is 14.7. The van der Waals surface area contributed by atoms with Gasteiger partial charge in [-0.1, -0.05) is 12.1 Å². The van der Waals surface area contributed by atoms with Gasteiger partial charge in [-0.25, -0.2) is 9.67 Å². The van der Waals surface area contributed by atoms with Crippen LogP contribution in [0.1, 0.15) is 17.2 Å². The minimum atomic E-state index is 0.175. The molecule has 3 rings (SSSR count). The van der Waals surface area contributed by atoms with Crippen LogP contribution in [0.15, 0.2) is 24.3 Å². The molecule has 0 amide bonds. The molecule has 0 N–H and O–H groups in total. The quantitative estimate of drug-likeness (QED) is 0.809. The summed E-state index contributed by atoms with van der Waals surface area (Å²) >= 11 is 0. The third-order valence-electron chi connectivity index (χ3n) is 4.44. The number of ether oxygens (including phenoxy) is 2. The molecule has 1 aliphatic rings. The van der Waals surface area contributed by atoms with Gasteiger partial charge >= 0.3 is 0 Å². The van der Waals surface area contributed by atoms with Gasteiger partial charge in [-0.15, -0.1) is 0 Å². The van der Waals surface area contributed by atoms with E-state index < -0.39 is 0 Å². The fraction of sp³-hybridized carbons (Fsp3) is 0.556. The van der Waals surface area contributed by atoms with Crippen molar-refractivity contribution in [3.8, 4) is 5.75 Å². The van der Waals surface area contributed by atoms with E-state index in [1.54, 1.807) is 7.11 Å². The monoisotopic (exact) mass is 330 g/mol. The normalized spacial score (nSPS) is 18.7. The number of nitrogens with zero attached hydrogens (tertiary/aromatic N) is 4. The highest BCUT2D eigenvalue weighted by Gasteiger charge is 2.21. The molecule has 0 radical (unpaired) electrons. The van der Waals surface area contributed by atoms with Gasteiger partial charge in [0.1, 0.15) is 17.4 Å². The SMILES string of the molecule is COc1ccc(CCN2CCO[C@@H](Cn3nc(C)nc3C)C2)cc1. The Kier molecular flexibility index (Phi) is 5.48. The van der Waals surface area contributed by atoms with Crippen molar-refractivity contribution in [1.82, 2.24) is 19.7 Å². The van der Waals surface area contributed by atoms with Crippen molar-refractivity contribution in [3.05, 3.63) is 41.5 Å². The molecule has 1 aromatic carbocycles. The lowest BCUT2D eigenvalue weighted by Crippen LogP contribution is -2.45. The smallest absolute Gasteiger partial charge is 0.147 e. The van der Waals surface area contributed by atoms with E-state index in [0.717, 1.165) is 56.6 Å². The molecule has 6 heteroatoms. The number of aromatic nitrogens is 3. The molecule has 1 aliphatic heterocycles. The molecule has 0 spiro atoms. The zero-order valence-corrected chi connectivity index (χ0v) is 14.7. The third-order valence-corrected chi connectivity index (χ3v) is 4.44. The minimum Gasteiger partial charge on any atom is -0.497 e. The van der Waals surface area contributed by atoms with Crippen molar-refractivity contribution in [2.75, 3.05) is 33.4 Å². The number of aryl methyl sites for hydroxylation is 2. The highest BCUT2D eigenvalue weighted by atomic mass is 16.5. The van der Waals surface area contributed by atoms with Crippen molar-refractivity contribution < 1.29 is 9.47 Å². The maximum absolute atomic E-state index is 5.91. The molecule has 6 nitrogen and oxygen atoms in total. The van der Waals surface area contributed by atoms with Crippen molar-refractivity contribution in [2.45, 2.75) is 32.9 Å². The van der Waals surface area contributed by atoms with Crippen molar-refractivity contribution in [3.63, 3.8) is 0 Å². The maximum Gasteiger partial charge on any atom is 0.147 e. The lowest BCUT2D eigenvalue weighted by Gasteiger charge is -2.33. The first-order chi connectivity index (χ1) is 11.6. The minimum absolute atomic E-state index is 0.175. The number of morpholine rings is 1. The van der Waals surface area contributed by atoms with Gasteiger partial charge in [-0.3, -0.25) is 4.90 Å². The molecular weight excluding hydrogens is 304 g/mol. The van der Waals surface area contributed by atoms with E-state index in [1.807, 2.05) is 30.7 Å². The van der Waals surface area contributed by atoms with Crippen molar-refractivity contribution in [2.24, 2.45) is 0 Å². The number of hydrogen-bond acceptors (Lipinski definition) is 5. The molecule has 0 bridgehead atoms. The standard InChI is InChI=1S/C18H26N4O2/c1-14-19-15(2)22(20-14)13-18-12-21(10-11-24-18)9-8-16-4-6-17(23-3)7-5-16/h4-7,18H,8-13H2,1-3H3/t18-/m1/s1. The Balaban J connectivity index is 1.50. The summed E-state index contributed by atoms with van der Waals surface area (Å²) in [7, 11) is 1.70. The molecule has 130 valence electrons. The van der Waals surface area contributed by atoms with Gasteiger partial charge in [0.25, 0.3) is 0 Å². The van der Waals surface area contributed by atoms with Crippen LogP contribution in [-0.2, 0) is 17.7 Å². The summed E-state index contributed by atoms with van der Waals surface area (Å²) in [5.74, 6) is 2.68. The van der Waals surface area contributed by atoms with E-state index in [9.17, 15) is 0 Å². The summed E-state index contributed by atoms with van der Waals surface area (Å²) in [6.07, 6.45) is 1.22. The molecule has 1 saturated heterocycles. The van der Waals surface area contributed by atoms with Gasteiger partial charge in [0.2, 0.25) is 0 Å². The molecule has 1 aromatic heterocycles. The molecule has 2 aromatic rings. The Morgan fingerprint density at radius 2 is 2.04 bits per heavy atom. The zero-order chi connectivity index (χ0) is 16.9. The number of hydrogen-bond donors (Lipinski definition) is 0. The second-order valence-electron chi connectivity index (χ2n) is 6.28. The first-order valence-corrected chi connectivity index (χ1v) is 8.49. The predicted octanol–water partition coefficient (Wildman–Crippen LogP) is 1.85. The first kappa shape index (κ1) is 16.9. The Morgan fingerprint density at radius 1 is 1.25 bits per heavy atom. The lowest BCUT2D eigenvalue weighted by atomic mass is 10.1. The molecule has 2 heterocycles. The summed E-state index contributed by atoms with van der Waals surface area (Å²) in [5.41, 5.74) is 1.33. The first-order valence-electron chi connectivity index (χ1n) is 8.49. The topological polar surface area (TPSA) is 52.4 Å². The van der Waals surface area contributed by atoms with E-state index >= 15 is 0 Å². The van der Waals surface area contributed by atoms with Gasteiger partial charge in [0.15, 0.2) is 0 Å². The van der Waals surface area contributed by atoms with E-state index in [0.29, 0.717) is 0 Å². The Hall–Kier alpha value is -1.92. The van der Waals surface area contributed by atoms with Crippen molar-refractivity contribution in [1.29, 1.82) is 0 Å². The van der Waals surface area contributed by atoms with Crippen LogP contribution in [0, 0.1) is 13.8 Å². The van der Waals surface area contributed by atoms with E-state index in [1.165, 1.54) is 5.56 Å². The summed E-state index contributed by atoms with van der Waals surface area (Å²) < 4.78 is 13.1. The molecule has 0 saturated carbocycles. The predicted molar refractivity (Wildman–Crippen MR) is 92.4 cm³/mol. The van der Waals surface area contributed by atoms with E-state index in [-0.39, 0.29) is 6.10 Å². The largest absolute Gasteiger partial charge is 0.497 e. The summed E-state index contributed by atoms with van der Waals surface area (Å²) in [6, 6.07) is 8.32. The number of benzene rings is 1. The number of rotatable bonds is 6. The Bertz CT molecular complexity index is 654. The van der Waals surface area contributed by atoms with Gasteiger partial charge < -0.3 is 9.47 Å². The average Bonchev–Trinajstić information content (AvgIpc) is 2.91. The van der Waals surface area contributed by atoms with Gasteiger partial charge in [-0.2, -0.15) is 5.10 Å². The molecule has 0 unspecified atom stereocenters. The van der Waals surface area contributed by atoms with Gasteiger partial charge in [0, 0.05) is 19.6 Å². The molecule has 24 heavy (non-hydrogen) atoms. The van der Waals surface area contributed by atoms with Gasteiger partial charge in [-0.05, 0) is 38.0 Å². The van der Waals surface area contributed by atoms with Crippen LogP contribution in [0.5, 0.6) is 5.75 Å². The highest BCUT2D eigenvalue weighted by Crippen LogP contribution is 2.13. The fourth-order valence-corrected chi connectivity index (χ4v) is 3.10. The van der Waals surface area contributed by atoms with E-state index in [4.69, 9.17) is 9.47 Å². The van der Waals surface area contributed by atoms with Crippen LogP contribution in [0.3, 0.4) is 0 Å². The third kappa shape index (κ3) is 4.33. The summed E-state index contributed by atoms with van der Waals surface area (Å²) in [4.78, 5) is 6.83. The lowest BCUT2D eigenvalue weighted by molar-refractivity contribution is -0.0374. The molecule has 0 aliphatic carbocycles. The second kappa shape index (κ2) is 7.77. The van der Waals surface area contributed by atoms with Crippen LogP contribution >= 0.6 is 0 Å². The Labute approximate surface area is 143 Å². The van der Waals surface area contributed by atoms with Crippen LogP contribution in [-0.4, -0.2) is 59.1 Å². The molecule has 1 atom stereocenters. The molecule has 1 fully saturated rings. The molecular formula is C18H26N4O2. The van der Waals surface area contributed by atoms with Crippen molar-refractivity contribution >= 4 is 0 Å².